The van der Waals surface area contributed by atoms with Crippen molar-refractivity contribution in [2.24, 2.45) is 0 Å². The Morgan fingerprint density at radius 2 is 2.22 bits per heavy atom. The monoisotopic (exact) mass is 323 g/mol. The minimum absolute atomic E-state index is 0.123. The summed E-state index contributed by atoms with van der Waals surface area (Å²) in [4.78, 5) is 24.7. The summed E-state index contributed by atoms with van der Waals surface area (Å²) in [6.07, 6.45) is -2.99. The second-order valence-corrected chi connectivity index (χ2v) is 4.03. The molecule has 0 aromatic carbocycles. The predicted octanol–water partition coefficient (Wildman–Crippen LogP) is 2.31. The van der Waals surface area contributed by atoms with Crippen molar-refractivity contribution < 1.29 is 18.3 Å². The molecule has 1 heterocycles. The van der Waals surface area contributed by atoms with Crippen molar-refractivity contribution in [3.8, 4) is 0 Å². The first-order valence-electron chi connectivity index (χ1n) is 5.24. The van der Waals surface area contributed by atoms with Crippen molar-refractivity contribution in [2.45, 2.75) is 25.1 Å². The Labute approximate surface area is 110 Å². The summed E-state index contributed by atoms with van der Waals surface area (Å²) in [5.74, 6) is -0.550. The largest absolute Gasteiger partial charge is 0.466 e. The van der Waals surface area contributed by atoms with Crippen LogP contribution in [-0.2, 0) is 21.3 Å². The first kappa shape index (κ1) is 14.8. The van der Waals surface area contributed by atoms with Crippen LogP contribution in [0.1, 0.15) is 30.2 Å². The quantitative estimate of drug-likeness (QED) is 0.668. The van der Waals surface area contributed by atoms with E-state index < -0.39 is 23.6 Å². The Balaban J connectivity index is 3.17. The number of hydrogen-bond acceptors (Lipinski definition) is 3. The van der Waals surface area contributed by atoms with Gasteiger partial charge in [-0.05, 0) is 18.1 Å². The van der Waals surface area contributed by atoms with Gasteiger partial charge in [0.05, 0.1) is 18.7 Å². The van der Waals surface area contributed by atoms with E-state index in [0.29, 0.717) is 0 Å². The molecule has 0 bridgehead atoms. The van der Waals surface area contributed by atoms with Crippen LogP contribution in [0.3, 0.4) is 0 Å². The molecule has 0 amide bonds. The molecule has 0 saturated heterocycles. The molecule has 18 heavy (non-hydrogen) atoms. The van der Waals surface area contributed by atoms with Gasteiger partial charge in [-0.2, -0.15) is 0 Å². The molecule has 0 aliphatic carbocycles. The number of H-pyrrole nitrogens is 1. The third-order valence-corrected chi connectivity index (χ3v) is 2.83. The van der Waals surface area contributed by atoms with Gasteiger partial charge in [-0.25, -0.2) is 8.78 Å². The second kappa shape index (κ2) is 6.63. The summed E-state index contributed by atoms with van der Waals surface area (Å²) in [6, 6.07) is 1.14. The summed E-state index contributed by atoms with van der Waals surface area (Å²) in [5, 5.41) is 0.123. The number of aromatic amines is 1. The molecule has 0 atom stereocenters. The van der Waals surface area contributed by atoms with Crippen LogP contribution in [0.5, 0.6) is 0 Å². The van der Waals surface area contributed by atoms with E-state index in [1.807, 2.05) is 0 Å². The Morgan fingerprint density at radius 1 is 1.56 bits per heavy atom. The summed E-state index contributed by atoms with van der Waals surface area (Å²) in [7, 11) is 0. The van der Waals surface area contributed by atoms with Gasteiger partial charge in [0.15, 0.2) is 0 Å². The molecular weight excluding hydrogens is 312 g/mol. The van der Waals surface area contributed by atoms with Gasteiger partial charge in [0.2, 0.25) is 5.56 Å². The summed E-state index contributed by atoms with van der Waals surface area (Å²) in [5.41, 5.74) is -0.644. The number of pyridine rings is 1. The van der Waals surface area contributed by atoms with Crippen LogP contribution in [0.4, 0.5) is 8.78 Å². The summed E-state index contributed by atoms with van der Waals surface area (Å²) >= 11 is 3.07. The number of rotatable bonds is 5. The lowest BCUT2D eigenvalue weighted by Gasteiger charge is -2.11. The molecule has 1 rings (SSSR count). The van der Waals surface area contributed by atoms with E-state index in [1.54, 1.807) is 6.92 Å². The highest BCUT2D eigenvalue weighted by atomic mass is 79.9. The van der Waals surface area contributed by atoms with Crippen LogP contribution >= 0.6 is 15.9 Å². The van der Waals surface area contributed by atoms with Crippen molar-refractivity contribution in [2.75, 3.05) is 6.61 Å². The highest BCUT2D eigenvalue weighted by molar-refractivity contribution is 9.08. The van der Waals surface area contributed by atoms with Gasteiger partial charge in [-0.15, -0.1) is 0 Å². The van der Waals surface area contributed by atoms with Crippen molar-refractivity contribution in [1.82, 2.24) is 4.98 Å². The number of ether oxygens (including phenoxy) is 1. The molecular formula is C11H12BrF2NO3. The van der Waals surface area contributed by atoms with Crippen LogP contribution < -0.4 is 5.56 Å². The number of carbonyl (C=O) groups is 1. The topological polar surface area (TPSA) is 59.2 Å². The Morgan fingerprint density at radius 3 is 2.72 bits per heavy atom. The SMILES string of the molecule is CCOC(=O)Cc1cc(=O)[nH]c(C(F)F)c1CBr. The van der Waals surface area contributed by atoms with Gasteiger partial charge in [-0.3, -0.25) is 9.59 Å². The van der Waals surface area contributed by atoms with Gasteiger partial charge in [-0.1, -0.05) is 15.9 Å². The molecule has 0 radical (unpaired) electrons. The van der Waals surface area contributed by atoms with Gasteiger partial charge in [0.1, 0.15) is 0 Å². The molecule has 1 aromatic heterocycles. The maximum atomic E-state index is 12.8. The lowest BCUT2D eigenvalue weighted by atomic mass is 10.1. The van der Waals surface area contributed by atoms with Crippen LogP contribution in [0.25, 0.3) is 0 Å². The molecule has 4 nitrogen and oxygen atoms in total. The number of aromatic nitrogens is 1. The first-order valence-corrected chi connectivity index (χ1v) is 6.36. The number of esters is 1. The fourth-order valence-electron chi connectivity index (χ4n) is 1.53. The van der Waals surface area contributed by atoms with E-state index in [0.717, 1.165) is 6.07 Å². The van der Waals surface area contributed by atoms with Crippen molar-refractivity contribution in [3.05, 3.63) is 33.2 Å². The van der Waals surface area contributed by atoms with Crippen molar-refractivity contribution >= 4 is 21.9 Å². The highest BCUT2D eigenvalue weighted by Gasteiger charge is 2.19. The number of carbonyl (C=O) groups excluding carboxylic acids is 1. The number of nitrogens with one attached hydrogen (secondary N) is 1. The van der Waals surface area contributed by atoms with E-state index in [-0.39, 0.29) is 29.5 Å². The molecule has 100 valence electrons. The fourth-order valence-corrected chi connectivity index (χ4v) is 2.19. The average Bonchev–Trinajstić information content (AvgIpc) is 2.28. The molecule has 7 heteroatoms. The highest BCUT2D eigenvalue weighted by Crippen LogP contribution is 2.24. The standard InChI is InChI=1S/C11H12BrF2NO3/c1-2-18-9(17)4-6-3-8(16)15-10(11(13)14)7(6)5-12/h3,11H,2,4-5H2,1H3,(H,15,16). The maximum Gasteiger partial charge on any atom is 0.310 e. The Bertz CT molecular complexity index is 488. The zero-order valence-electron chi connectivity index (χ0n) is 9.63. The van der Waals surface area contributed by atoms with Crippen LogP contribution in [0.15, 0.2) is 10.9 Å². The third-order valence-electron chi connectivity index (χ3n) is 2.27. The second-order valence-electron chi connectivity index (χ2n) is 3.47. The van der Waals surface area contributed by atoms with E-state index in [1.165, 1.54) is 0 Å². The molecule has 0 unspecified atom stereocenters. The lowest BCUT2D eigenvalue weighted by Crippen LogP contribution is -2.17. The number of hydrogen-bond donors (Lipinski definition) is 1. The van der Waals surface area contributed by atoms with E-state index in [4.69, 9.17) is 4.74 Å². The molecule has 0 saturated carbocycles. The van der Waals surface area contributed by atoms with Crippen molar-refractivity contribution in [3.63, 3.8) is 0 Å². The van der Waals surface area contributed by atoms with E-state index in [9.17, 15) is 18.4 Å². The Kier molecular flexibility index (Phi) is 5.46. The predicted molar refractivity (Wildman–Crippen MR) is 65.0 cm³/mol. The van der Waals surface area contributed by atoms with Crippen LogP contribution in [0, 0.1) is 0 Å². The first-order chi connectivity index (χ1) is 8.49. The molecule has 1 N–H and O–H groups in total. The van der Waals surface area contributed by atoms with E-state index in [2.05, 4.69) is 20.9 Å². The fraction of sp³-hybridized carbons (Fsp3) is 0.455. The summed E-state index contributed by atoms with van der Waals surface area (Å²) in [6.45, 7) is 1.85. The zero-order valence-corrected chi connectivity index (χ0v) is 11.2. The molecule has 0 fully saturated rings. The smallest absolute Gasteiger partial charge is 0.310 e. The molecule has 1 aromatic rings. The van der Waals surface area contributed by atoms with Gasteiger partial charge >= 0.3 is 5.97 Å². The van der Waals surface area contributed by atoms with Gasteiger partial charge in [0.25, 0.3) is 6.43 Å². The summed E-state index contributed by atoms with van der Waals surface area (Å²) < 4.78 is 30.2. The lowest BCUT2D eigenvalue weighted by molar-refractivity contribution is -0.142. The molecule has 0 spiro atoms. The average molecular weight is 324 g/mol. The number of halogens is 3. The maximum absolute atomic E-state index is 12.8. The normalized spacial score (nSPS) is 10.7. The van der Waals surface area contributed by atoms with Crippen LogP contribution in [-0.4, -0.2) is 17.6 Å². The minimum atomic E-state index is -2.80. The van der Waals surface area contributed by atoms with E-state index >= 15 is 0 Å². The van der Waals surface area contributed by atoms with Gasteiger partial charge in [0, 0.05) is 11.4 Å². The van der Waals surface area contributed by atoms with Gasteiger partial charge < -0.3 is 9.72 Å². The minimum Gasteiger partial charge on any atom is -0.466 e. The molecule has 0 aliphatic rings. The van der Waals surface area contributed by atoms with Crippen molar-refractivity contribution in [1.29, 1.82) is 0 Å². The Hall–Kier alpha value is -1.24. The van der Waals surface area contributed by atoms with Crippen LogP contribution in [0.2, 0.25) is 0 Å². The zero-order chi connectivity index (χ0) is 13.7. The molecule has 0 aliphatic heterocycles. The number of alkyl halides is 3. The third kappa shape index (κ3) is 3.63.